The Hall–Kier alpha value is -2.82. The van der Waals surface area contributed by atoms with Gasteiger partial charge >= 0.3 is 5.97 Å². The van der Waals surface area contributed by atoms with E-state index in [2.05, 4.69) is 5.32 Å². The fraction of sp³-hybridized carbons (Fsp3) is 0.263. The van der Waals surface area contributed by atoms with Crippen molar-refractivity contribution in [2.45, 2.75) is 20.3 Å². The van der Waals surface area contributed by atoms with Crippen LogP contribution in [0.25, 0.3) is 0 Å². The highest BCUT2D eigenvalue weighted by molar-refractivity contribution is 5.93. The third-order valence-electron chi connectivity index (χ3n) is 3.39. The number of hydrogen-bond donors (Lipinski definition) is 1. The zero-order valence-corrected chi connectivity index (χ0v) is 13.9. The lowest BCUT2D eigenvalue weighted by molar-refractivity contribution is -0.118. The summed E-state index contributed by atoms with van der Waals surface area (Å²) in [5.74, 6) is -0.221. The van der Waals surface area contributed by atoms with E-state index in [9.17, 15) is 9.59 Å². The van der Waals surface area contributed by atoms with E-state index in [4.69, 9.17) is 9.47 Å². The first-order valence-corrected chi connectivity index (χ1v) is 7.91. The van der Waals surface area contributed by atoms with Crippen molar-refractivity contribution < 1.29 is 19.1 Å². The van der Waals surface area contributed by atoms with E-state index in [1.807, 2.05) is 31.2 Å². The molecule has 24 heavy (non-hydrogen) atoms. The molecule has 0 heterocycles. The molecular weight excluding hydrogens is 306 g/mol. The molecule has 0 unspecified atom stereocenters. The van der Waals surface area contributed by atoms with Gasteiger partial charge in [-0.2, -0.15) is 0 Å². The molecule has 2 aromatic carbocycles. The number of rotatable bonds is 7. The van der Waals surface area contributed by atoms with Crippen LogP contribution < -0.4 is 10.1 Å². The van der Waals surface area contributed by atoms with Gasteiger partial charge < -0.3 is 14.8 Å². The third-order valence-corrected chi connectivity index (χ3v) is 3.39. The largest absolute Gasteiger partial charge is 0.484 e. The number of benzene rings is 2. The standard InChI is InChI=1S/C19H21NO4/c1-3-14-8-5-6-11-17(14)20-18(21)13-24-16-10-7-9-15(12-16)19(22)23-4-2/h5-12H,3-4,13H2,1-2H3,(H,20,21). The van der Waals surface area contributed by atoms with Crippen LogP contribution in [0.2, 0.25) is 0 Å². The van der Waals surface area contributed by atoms with Crippen LogP contribution in [0, 0.1) is 0 Å². The number of nitrogens with one attached hydrogen (secondary N) is 1. The fourth-order valence-electron chi connectivity index (χ4n) is 2.21. The van der Waals surface area contributed by atoms with Gasteiger partial charge in [0.1, 0.15) is 5.75 Å². The third kappa shape index (κ3) is 4.84. The molecule has 2 rings (SSSR count). The van der Waals surface area contributed by atoms with Gasteiger partial charge in [-0.15, -0.1) is 0 Å². The van der Waals surface area contributed by atoms with Gasteiger partial charge in [0.05, 0.1) is 12.2 Å². The van der Waals surface area contributed by atoms with Crippen molar-refractivity contribution >= 4 is 17.6 Å². The van der Waals surface area contributed by atoms with Gasteiger partial charge in [-0.05, 0) is 43.2 Å². The summed E-state index contributed by atoms with van der Waals surface area (Å²) in [5, 5.41) is 2.83. The molecule has 1 amide bonds. The number of ether oxygens (including phenoxy) is 2. The molecule has 126 valence electrons. The van der Waals surface area contributed by atoms with E-state index >= 15 is 0 Å². The van der Waals surface area contributed by atoms with Crippen LogP contribution in [-0.4, -0.2) is 25.1 Å². The topological polar surface area (TPSA) is 64.6 Å². The fourth-order valence-corrected chi connectivity index (χ4v) is 2.21. The lowest BCUT2D eigenvalue weighted by atomic mass is 10.1. The van der Waals surface area contributed by atoms with Gasteiger partial charge in [0.2, 0.25) is 0 Å². The smallest absolute Gasteiger partial charge is 0.338 e. The van der Waals surface area contributed by atoms with E-state index < -0.39 is 5.97 Å². The second-order valence-corrected chi connectivity index (χ2v) is 5.10. The van der Waals surface area contributed by atoms with Crippen molar-refractivity contribution in [1.82, 2.24) is 0 Å². The number of hydrogen-bond acceptors (Lipinski definition) is 4. The molecule has 0 spiro atoms. The van der Waals surface area contributed by atoms with Crippen molar-refractivity contribution in [1.29, 1.82) is 0 Å². The molecule has 0 aliphatic carbocycles. The highest BCUT2D eigenvalue weighted by Crippen LogP contribution is 2.16. The van der Waals surface area contributed by atoms with Crippen molar-refractivity contribution in [3.05, 3.63) is 59.7 Å². The van der Waals surface area contributed by atoms with Crippen molar-refractivity contribution in [3.8, 4) is 5.75 Å². The minimum absolute atomic E-state index is 0.135. The predicted molar refractivity (Wildman–Crippen MR) is 92.3 cm³/mol. The van der Waals surface area contributed by atoms with E-state index in [-0.39, 0.29) is 12.5 Å². The van der Waals surface area contributed by atoms with Gasteiger partial charge in [0.25, 0.3) is 5.91 Å². The van der Waals surface area contributed by atoms with E-state index in [0.29, 0.717) is 17.9 Å². The quantitative estimate of drug-likeness (QED) is 0.791. The summed E-state index contributed by atoms with van der Waals surface area (Å²) in [7, 11) is 0. The van der Waals surface area contributed by atoms with Gasteiger partial charge in [0.15, 0.2) is 6.61 Å². The number of aryl methyl sites for hydroxylation is 1. The van der Waals surface area contributed by atoms with Crippen molar-refractivity contribution in [3.63, 3.8) is 0 Å². The average Bonchev–Trinajstić information content (AvgIpc) is 2.61. The summed E-state index contributed by atoms with van der Waals surface area (Å²) >= 11 is 0. The highest BCUT2D eigenvalue weighted by atomic mass is 16.5. The molecule has 0 saturated carbocycles. The molecule has 0 bridgehead atoms. The van der Waals surface area contributed by atoms with E-state index in [1.54, 1.807) is 31.2 Å². The summed E-state index contributed by atoms with van der Waals surface area (Å²) in [6, 6.07) is 14.2. The molecule has 1 N–H and O–H groups in total. The Morgan fingerprint density at radius 3 is 2.58 bits per heavy atom. The zero-order chi connectivity index (χ0) is 17.4. The molecule has 0 aliphatic heterocycles. The van der Waals surface area contributed by atoms with Crippen molar-refractivity contribution in [2.75, 3.05) is 18.5 Å². The van der Waals surface area contributed by atoms with E-state index in [1.165, 1.54) is 0 Å². The lowest BCUT2D eigenvalue weighted by Gasteiger charge is -2.11. The van der Waals surface area contributed by atoms with Crippen LogP contribution in [0.4, 0.5) is 5.69 Å². The zero-order valence-electron chi connectivity index (χ0n) is 13.9. The van der Waals surface area contributed by atoms with Crippen LogP contribution in [0.15, 0.2) is 48.5 Å². The molecule has 0 fully saturated rings. The molecule has 2 aromatic rings. The summed E-state index contributed by atoms with van der Waals surface area (Å²) < 4.78 is 10.4. The average molecular weight is 327 g/mol. The maximum Gasteiger partial charge on any atom is 0.338 e. The van der Waals surface area contributed by atoms with Gasteiger partial charge in [-0.25, -0.2) is 4.79 Å². The van der Waals surface area contributed by atoms with Crippen LogP contribution in [0.5, 0.6) is 5.75 Å². The molecule has 0 radical (unpaired) electrons. The minimum atomic E-state index is -0.413. The monoisotopic (exact) mass is 327 g/mol. The molecule has 0 aromatic heterocycles. The Bertz CT molecular complexity index is 712. The highest BCUT2D eigenvalue weighted by Gasteiger charge is 2.09. The minimum Gasteiger partial charge on any atom is -0.484 e. The SMILES string of the molecule is CCOC(=O)c1cccc(OCC(=O)Nc2ccccc2CC)c1. The van der Waals surface area contributed by atoms with Crippen LogP contribution in [-0.2, 0) is 16.0 Å². The van der Waals surface area contributed by atoms with Gasteiger partial charge in [-0.3, -0.25) is 4.79 Å². The summed E-state index contributed by atoms with van der Waals surface area (Å²) in [5.41, 5.74) is 2.25. The molecule has 5 nitrogen and oxygen atoms in total. The second-order valence-electron chi connectivity index (χ2n) is 5.10. The Morgan fingerprint density at radius 2 is 1.83 bits per heavy atom. The van der Waals surface area contributed by atoms with Gasteiger partial charge in [0, 0.05) is 5.69 Å². The Labute approximate surface area is 141 Å². The van der Waals surface area contributed by atoms with E-state index in [0.717, 1.165) is 17.7 Å². The van der Waals surface area contributed by atoms with Gasteiger partial charge in [-0.1, -0.05) is 31.2 Å². The number of esters is 1. The maximum absolute atomic E-state index is 12.0. The summed E-state index contributed by atoms with van der Waals surface area (Å²) in [6.07, 6.45) is 0.832. The molecule has 5 heteroatoms. The lowest BCUT2D eigenvalue weighted by Crippen LogP contribution is -2.21. The van der Waals surface area contributed by atoms with Crippen LogP contribution in [0.3, 0.4) is 0 Å². The maximum atomic E-state index is 12.0. The second kappa shape index (κ2) is 8.72. The predicted octanol–water partition coefficient (Wildman–Crippen LogP) is 3.44. The number of amides is 1. The number of para-hydroxylation sites is 1. The number of carbonyl (C=O) groups excluding carboxylic acids is 2. The Balaban J connectivity index is 1.94. The summed E-state index contributed by atoms with van der Waals surface area (Å²) in [6.45, 7) is 3.95. The number of anilines is 1. The number of carbonyl (C=O) groups is 2. The first kappa shape index (κ1) is 17.5. The Morgan fingerprint density at radius 1 is 1.04 bits per heavy atom. The Kier molecular flexibility index (Phi) is 6.37. The molecule has 0 saturated heterocycles. The van der Waals surface area contributed by atoms with Crippen LogP contribution >= 0.6 is 0 Å². The first-order valence-electron chi connectivity index (χ1n) is 7.91. The molecular formula is C19H21NO4. The molecule has 0 aliphatic rings. The first-order chi connectivity index (χ1) is 11.6. The summed E-state index contributed by atoms with van der Waals surface area (Å²) in [4.78, 5) is 23.7. The normalized spacial score (nSPS) is 10.1. The van der Waals surface area contributed by atoms with Crippen molar-refractivity contribution in [2.24, 2.45) is 0 Å². The van der Waals surface area contributed by atoms with Crippen LogP contribution in [0.1, 0.15) is 29.8 Å². The molecule has 0 atom stereocenters.